The van der Waals surface area contributed by atoms with E-state index in [4.69, 9.17) is 4.74 Å². The maximum atomic E-state index is 13.4. The number of benzene rings is 2. The van der Waals surface area contributed by atoms with Crippen molar-refractivity contribution in [3.8, 4) is 0 Å². The van der Waals surface area contributed by atoms with Gasteiger partial charge >= 0.3 is 0 Å². The molecule has 31 heavy (non-hydrogen) atoms. The Morgan fingerprint density at radius 3 is 2.16 bits per heavy atom. The van der Waals surface area contributed by atoms with Gasteiger partial charge in [0.15, 0.2) is 9.84 Å². The van der Waals surface area contributed by atoms with E-state index in [9.17, 15) is 17.6 Å². The summed E-state index contributed by atoms with van der Waals surface area (Å²) in [6.45, 7) is 4.68. The summed E-state index contributed by atoms with van der Waals surface area (Å²) in [4.78, 5) is 19.5. The highest BCUT2D eigenvalue weighted by molar-refractivity contribution is 7.90. The van der Waals surface area contributed by atoms with Crippen LogP contribution in [0, 0.1) is 5.82 Å². The summed E-state index contributed by atoms with van der Waals surface area (Å²) in [6, 6.07) is 11.1. The van der Waals surface area contributed by atoms with Crippen LogP contribution in [0.25, 0.3) is 0 Å². The largest absolute Gasteiger partial charge is 0.378 e. The molecule has 4 rings (SSSR count). The summed E-state index contributed by atoms with van der Waals surface area (Å²) < 4.78 is 42.8. The van der Waals surface area contributed by atoms with Crippen molar-refractivity contribution in [3.05, 3.63) is 53.8 Å². The zero-order valence-electron chi connectivity index (χ0n) is 17.5. The van der Waals surface area contributed by atoms with Gasteiger partial charge in [0.2, 0.25) is 0 Å². The van der Waals surface area contributed by atoms with Crippen LogP contribution in [-0.2, 0) is 14.6 Å². The molecule has 2 aromatic carbocycles. The number of ether oxygens (including phenoxy) is 1. The molecule has 1 amide bonds. The van der Waals surface area contributed by atoms with Gasteiger partial charge in [-0.3, -0.25) is 4.79 Å². The second-order valence-corrected chi connectivity index (χ2v) is 9.82. The van der Waals surface area contributed by atoms with Crippen molar-refractivity contribution >= 4 is 27.1 Å². The zero-order valence-corrected chi connectivity index (χ0v) is 18.3. The van der Waals surface area contributed by atoms with Crippen LogP contribution >= 0.6 is 0 Å². The minimum atomic E-state index is -3.44. The number of anilines is 2. The molecular weight excluding hydrogens is 421 g/mol. The standard InChI is InChI=1S/C22H26FN3O4S/c1-31(28,29)19-6-7-21(25-12-14-30-15-13-25)20(16-19)22(27)26-10-8-24(9-11-26)18-4-2-17(23)3-5-18/h2-7,16H,8-15H2,1H3. The molecule has 0 unspecified atom stereocenters. The highest BCUT2D eigenvalue weighted by Crippen LogP contribution is 2.27. The molecule has 0 saturated carbocycles. The molecule has 2 heterocycles. The SMILES string of the molecule is CS(=O)(=O)c1ccc(N2CCOCC2)c(C(=O)N2CCN(c3ccc(F)cc3)CC2)c1. The third kappa shape index (κ3) is 4.83. The summed E-state index contributed by atoms with van der Waals surface area (Å²) in [7, 11) is -3.44. The van der Waals surface area contributed by atoms with E-state index in [1.165, 1.54) is 18.2 Å². The molecule has 9 heteroatoms. The van der Waals surface area contributed by atoms with Crippen molar-refractivity contribution in [2.45, 2.75) is 4.90 Å². The molecule has 2 aromatic rings. The predicted molar refractivity (Wildman–Crippen MR) is 117 cm³/mol. The lowest BCUT2D eigenvalue weighted by atomic mass is 10.1. The van der Waals surface area contributed by atoms with Gasteiger partial charge in [-0.05, 0) is 42.5 Å². The number of halogens is 1. The first-order chi connectivity index (χ1) is 14.8. The van der Waals surface area contributed by atoms with Gasteiger partial charge in [-0.1, -0.05) is 0 Å². The molecular formula is C22H26FN3O4S. The van der Waals surface area contributed by atoms with Crippen molar-refractivity contribution in [2.75, 3.05) is 68.5 Å². The van der Waals surface area contributed by atoms with Crippen LogP contribution in [0.5, 0.6) is 0 Å². The lowest BCUT2D eigenvalue weighted by Crippen LogP contribution is -2.49. The topological polar surface area (TPSA) is 70.2 Å². The minimum absolute atomic E-state index is 0.137. The maximum absolute atomic E-state index is 13.4. The van der Waals surface area contributed by atoms with Crippen LogP contribution in [0.3, 0.4) is 0 Å². The van der Waals surface area contributed by atoms with Crippen LogP contribution < -0.4 is 9.80 Å². The Balaban J connectivity index is 1.56. The Bertz CT molecular complexity index is 1040. The molecule has 7 nitrogen and oxygen atoms in total. The molecule has 0 atom stereocenters. The van der Waals surface area contributed by atoms with Gasteiger partial charge in [-0.25, -0.2) is 12.8 Å². The predicted octanol–water partition coefficient (Wildman–Crippen LogP) is 2.03. The second kappa shape index (κ2) is 8.84. The highest BCUT2D eigenvalue weighted by Gasteiger charge is 2.27. The number of sulfone groups is 1. The molecule has 0 aliphatic carbocycles. The quantitative estimate of drug-likeness (QED) is 0.715. The summed E-state index contributed by atoms with van der Waals surface area (Å²) in [5.41, 5.74) is 2.06. The number of hydrogen-bond acceptors (Lipinski definition) is 6. The summed E-state index contributed by atoms with van der Waals surface area (Å²) in [6.07, 6.45) is 1.15. The molecule has 2 aliphatic heterocycles. The monoisotopic (exact) mass is 447 g/mol. The number of rotatable bonds is 4. The Morgan fingerprint density at radius 1 is 0.903 bits per heavy atom. The Labute approximate surface area is 181 Å². The molecule has 166 valence electrons. The molecule has 0 spiro atoms. The van der Waals surface area contributed by atoms with Gasteiger partial charge < -0.3 is 19.4 Å². The van der Waals surface area contributed by atoms with Gasteiger partial charge in [-0.15, -0.1) is 0 Å². The summed E-state index contributed by atoms with van der Waals surface area (Å²) in [5, 5.41) is 0. The highest BCUT2D eigenvalue weighted by atomic mass is 32.2. The fraction of sp³-hybridized carbons (Fsp3) is 0.409. The molecule has 2 aliphatic rings. The summed E-state index contributed by atoms with van der Waals surface area (Å²) in [5.74, 6) is -0.454. The molecule has 2 fully saturated rings. The minimum Gasteiger partial charge on any atom is -0.378 e. The van der Waals surface area contributed by atoms with E-state index in [0.717, 1.165) is 17.6 Å². The lowest BCUT2D eigenvalue weighted by molar-refractivity contribution is 0.0746. The molecule has 0 radical (unpaired) electrons. The van der Waals surface area contributed by atoms with E-state index >= 15 is 0 Å². The first kappa shape index (κ1) is 21.6. The molecule has 0 aromatic heterocycles. The van der Waals surface area contributed by atoms with Crippen molar-refractivity contribution < 1.29 is 22.3 Å². The van der Waals surface area contributed by atoms with Crippen molar-refractivity contribution in [1.29, 1.82) is 0 Å². The molecule has 0 N–H and O–H groups in total. The van der Waals surface area contributed by atoms with E-state index in [1.54, 1.807) is 29.2 Å². The number of nitrogens with zero attached hydrogens (tertiary/aromatic N) is 3. The normalized spacial score (nSPS) is 17.7. The van der Waals surface area contributed by atoms with E-state index in [2.05, 4.69) is 9.80 Å². The van der Waals surface area contributed by atoms with Crippen LogP contribution in [0.15, 0.2) is 47.4 Å². The first-order valence-electron chi connectivity index (χ1n) is 10.3. The van der Waals surface area contributed by atoms with E-state index in [-0.39, 0.29) is 16.6 Å². The van der Waals surface area contributed by atoms with E-state index in [0.29, 0.717) is 58.0 Å². The number of carbonyl (C=O) groups excluding carboxylic acids is 1. The van der Waals surface area contributed by atoms with E-state index < -0.39 is 9.84 Å². The average molecular weight is 448 g/mol. The van der Waals surface area contributed by atoms with Crippen LogP contribution in [0.2, 0.25) is 0 Å². The maximum Gasteiger partial charge on any atom is 0.256 e. The van der Waals surface area contributed by atoms with Crippen LogP contribution in [0.4, 0.5) is 15.8 Å². The number of amides is 1. The Hall–Kier alpha value is -2.65. The smallest absolute Gasteiger partial charge is 0.256 e. The van der Waals surface area contributed by atoms with Gasteiger partial charge in [-0.2, -0.15) is 0 Å². The Kier molecular flexibility index (Phi) is 6.15. The molecule has 0 bridgehead atoms. The van der Waals surface area contributed by atoms with Crippen molar-refractivity contribution in [3.63, 3.8) is 0 Å². The Morgan fingerprint density at radius 2 is 1.55 bits per heavy atom. The van der Waals surface area contributed by atoms with Crippen LogP contribution in [0.1, 0.15) is 10.4 Å². The zero-order chi connectivity index (χ0) is 22.0. The van der Waals surface area contributed by atoms with Crippen LogP contribution in [-0.4, -0.2) is 78.0 Å². The van der Waals surface area contributed by atoms with Gasteiger partial charge in [0.05, 0.1) is 23.7 Å². The van der Waals surface area contributed by atoms with E-state index in [1.807, 2.05) is 0 Å². The molecule has 2 saturated heterocycles. The van der Waals surface area contributed by atoms with Crippen molar-refractivity contribution in [2.24, 2.45) is 0 Å². The van der Waals surface area contributed by atoms with Crippen molar-refractivity contribution in [1.82, 2.24) is 4.90 Å². The fourth-order valence-electron chi connectivity index (χ4n) is 3.99. The third-order valence-electron chi connectivity index (χ3n) is 5.74. The second-order valence-electron chi connectivity index (χ2n) is 7.81. The third-order valence-corrected chi connectivity index (χ3v) is 6.85. The number of piperazine rings is 1. The average Bonchev–Trinajstić information content (AvgIpc) is 2.79. The number of carbonyl (C=O) groups is 1. The van der Waals surface area contributed by atoms with Gasteiger partial charge in [0.1, 0.15) is 5.82 Å². The lowest BCUT2D eigenvalue weighted by Gasteiger charge is -2.37. The first-order valence-corrected chi connectivity index (χ1v) is 12.2. The number of morpholine rings is 1. The fourth-order valence-corrected chi connectivity index (χ4v) is 4.63. The van der Waals surface area contributed by atoms with Gasteiger partial charge in [0, 0.05) is 56.9 Å². The summed E-state index contributed by atoms with van der Waals surface area (Å²) >= 11 is 0. The number of hydrogen-bond donors (Lipinski definition) is 0. The van der Waals surface area contributed by atoms with Gasteiger partial charge in [0.25, 0.3) is 5.91 Å².